The average Bonchev–Trinajstić information content (AvgIpc) is 3.98. The Morgan fingerprint density at radius 3 is 2.68 bits per heavy atom. The number of anilines is 1. The van der Waals surface area contributed by atoms with Crippen LogP contribution in [-0.2, 0) is 4.74 Å². The minimum Gasteiger partial charge on any atom is -0.508 e. The first-order valence-corrected chi connectivity index (χ1v) is 17.0. The van der Waals surface area contributed by atoms with Crippen molar-refractivity contribution >= 4 is 27.5 Å². The highest BCUT2D eigenvalue weighted by Crippen LogP contribution is 2.49. The number of benzene rings is 3. The number of fused-ring (bicyclic) bond motifs is 4. The zero-order chi connectivity index (χ0) is 31.9. The van der Waals surface area contributed by atoms with Crippen LogP contribution in [0.2, 0.25) is 0 Å². The van der Waals surface area contributed by atoms with Crippen LogP contribution in [0, 0.1) is 30.5 Å². The van der Waals surface area contributed by atoms with Gasteiger partial charge >= 0.3 is 6.01 Å². The van der Waals surface area contributed by atoms with Gasteiger partial charge in [0.05, 0.1) is 18.8 Å². The number of piperazine rings is 1. The van der Waals surface area contributed by atoms with E-state index in [1.54, 1.807) is 12.1 Å². The SMILES string of the molecule is C#Cc1cccc2cc(O)cc(-c3c(C)cc4c(N5CC6CCC(C5)N6)nc(OCC5(CN6CCOC7(CC7)C6)CC5)nc4c3F)c12. The third kappa shape index (κ3) is 5.18. The Morgan fingerprint density at radius 2 is 1.94 bits per heavy atom. The minimum absolute atomic E-state index is 0.0480. The zero-order valence-corrected chi connectivity index (χ0v) is 26.8. The minimum atomic E-state index is -0.463. The van der Waals surface area contributed by atoms with Crippen LogP contribution < -0.4 is 15.0 Å². The molecule has 9 rings (SSSR count). The number of aromatic nitrogens is 2. The Kier molecular flexibility index (Phi) is 6.69. The van der Waals surface area contributed by atoms with Crippen LogP contribution in [0.25, 0.3) is 32.8 Å². The Balaban J connectivity index is 1.12. The predicted octanol–water partition coefficient (Wildman–Crippen LogP) is 5.55. The number of nitrogens with zero attached hydrogens (tertiary/aromatic N) is 4. The van der Waals surface area contributed by atoms with Crippen molar-refractivity contribution in [1.29, 1.82) is 0 Å². The summed E-state index contributed by atoms with van der Waals surface area (Å²) in [5, 5.41) is 16.5. The zero-order valence-electron chi connectivity index (χ0n) is 26.8. The summed E-state index contributed by atoms with van der Waals surface area (Å²) in [6.07, 6.45) is 12.7. The van der Waals surface area contributed by atoms with Gasteiger partial charge in [0.15, 0.2) is 5.82 Å². The average molecular weight is 634 g/mol. The number of hydrogen-bond acceptors (Lipinski definition) is 8. The maximum absolute atomic E-state index is 17.1. The monoisotopic (exact) mass is 633 g/mol. The number of aryl methyl sites for hydroxylation is 1. The molecule has 0 radical (unpaired) electrons. The largest absolute Gasteiger partial charge is 0.508 e. The van der Waals surface area contributed by atoms with Crippen LogP contribution in [0.3, 0.4) is 0 Å². The molecular formula is C38H40FN5O3. The summed E-state index contributed by atoms with van der Waals surface area (Å²) in [5.41, 5.74) is 2.65. The third-order valence-electron chi connectivity index (χ3n) is 11.1. The lowest BCUT2D eigenvalue weighted by Gasteiger charge is -2.35. The number of morpholine rings is 1. The lowest BCUT2D eigenvalue weighted by Crippen LogP contribution is -2.51. The van der Waals surface area contributed by atoms with Gasteiger partial charge in [0, 0.05) is 72.1 Å². The maximum atomic E-state index is 17.1. The van der Waals surface area contributed by atoms with Gasteiger partial charge in [0.2, 0.25) is 0 Å². The van der Waals surface area contributed by atoms with E-state index in [-0.39, 0.29) is 28.3 Å². The molecule has 1 aromatic heterocycles. The van der Waals surface area contributed by atoms with E-state index in [2.05, 4.69) is 21.0 Å². The Bertz CT molecular complexity index is 1950. The molecule has 47 heavy (non-hydrogen) atoms. The maximum Gasteiger partial charge on any atom is 0.319 e. The number of ether oxygens (including phenoxy) is 2. The molecule has 3 aromatic carbocycles. The molecule has 9 heteroatoms. The van der Waals surface area contributed by atoms with Gasteiger partial charge in [0.1, 0.15) is 17.1 Å². The second-order valence-electron chi connectivity index (χ2n) is 14.7. The molecule has 5 aliphatic rings. The van der Waals surface area contributed by atoms with Gasteiger partial charge in [-0.25, -0.2) is 4.39 Å². The Morgan fingerprint density at radius 1 is 1.13 bits per heavy atom. The van der Waals surface area contributed by atoms with Crippen molar-refractivity contribution < 1.29 is 19.0 Å². The summed E-state index contributed by atoms with van der Waals surface area (Å²) in [6.45, 7) is 7.71. The second kappa shape index (κ2) is 10.8. The van der Waals surface area contributed by atoms with Crippen molar-refractivity contribution in [3.8, 4) is 35.2 Å². The number of halogens is 1. The van der Waals surface area contributed by atoms with Gasteiger partial charge in [-0.3, -0.25) is 4.90 Å². The number of nitrogens with one attached hydrogen (secondary N) is 1. The second-order valence-corrected chi connectivity index (χ2v) is 14.7. The highest BCUT2D eigenvalue weighted by atomic mass is 19.1. The molecule has 5 fully saturated rings. The molecule has 1 spiro atoms. The van der Waals surface area contributed by atoms with Crippen molar-refractivity contribution in [3.63, 3.8) is 0 Å². The fraction of sp³-hybridized carbons (Fsp3) is 0.474. The molecule has 3 saturated heterocycles. The van der Waals surface area contributed by atoms with Crippen molar-refractivity contribution in [2.24, 2.45) is 5.41 Å². The molecule has 242 valence electrons. The smallest absolute Gasteiger partial charge is 0.319 e. The molecule has 2 unspecified atom stereocenters. The van der Waals surface area contributed by atoms with Gasteiger partial charge in [0.25, 0.3) is 0 Å². The standard InChI is InChI=1S/C38H40FN5O3/c1-3-24-5-4-6-25-16-28(45)17-29(32(24)25)31-23(2)15-30-34(33(31)39)41-36(42-35(30)44-18-26-7-8-27(19-44)40-26)46-22-37(9-10-37)20-43-13-14-47-38(21-43)11-12-38/h1,4-6,15-17,26-27,40,45H,7-14,18-22H2,2H3. The lowest BCUT2D eigenvalue weighted by molar-refractivity contribution is -0.0532. The van der Waals surface area contributed by atoms with E-state index in [1.807, 2.05) is 31.2 Å². The van der Waals surface area contributed by atoms with Crippen LogP contribution in [-0.4, -0.2) is 83.6 Å². The van der Waals surface area contributed by atoms with Gasteiger partial charge in [-0.05, 0) is 86.2 Å². The number of phenolic OH excluding ortho intramolecular Hbond substituents is 1. The van der Waals surface area contributed by atoms with E-state index < -0.39 is 5.82 Å². The fourth-order valence-corrected chi connectivity index (χ4v) is 8.37. The molecule has 2 aliphatic carbocycles. The molecular weight excluding hydrogens is 593 g/mol. The van der Waals surface area contributed by atoms with Crippen molar-refractivity contribution in [1.82, 2.24) is 20.2 Å². The first-order chi connectivity index (χ1) is 22.8. The van der Waals surface area contributed by atoms with E-state index in [0.29, 0.717) is 40.8 Å². The topological polar surface area (TPSA) is 83.0 Å². The summed E-state index contributed by atoms with van der Waals surface area (Å²) in [5.74, 6) is 3.06. The molecule has 4 heterocycles. The summed E-state index contributed by atoms with van der Waals surface area (Å²) >= 11 is 0. The van der Waals surface area contributed by atoms with Crippen LogP contribution in [0.4, 0.5) is 10.2 Å². The van der Waals surface area contributed by atoms with Crippen LogP contribution in [0.5, 0.6) is 11.8 Å². The normalized spacial score (nSPS) is 24.1. The number of hydrogen-bond donors (Lipinski definition) is 2. The Hall–Kier alpha value is -3.97. The highest BCUT2D eigenvalue weighted by molar-refractivity contribution is 6.04. The highest BCUT2D eigenvalue weighted by Gasteiger charge is 2.51. The Labute approximate surface area is 274 Å². The summed E-state index contributed by atoms with van der Waals surface area (Å²) in [4.78, 5) is 14.6. The van der Waals surface area contributed by atoms with Gasteiger partial charge in [-0.15, -0.1) is 6.42 Å². The van der Waals surface area contributed by atoms with E-state index in [0.717, 1.165) is 100 Å². The molecule has 2 N–H and O–H groups in total. The lowest BCUT2D eigenvalue weighted by atomic mass is 9.90. The summed E-state index contributed by atoms with van der Waals surface area (Å²) < 4.78 is 29.6. The van der Waals surface area contributed by atoms with Gasteiger partial charge in [-0.1, -0.05) is 18.1 Å². The van der Waals surface area contributed by atoms with Crippen LogP contribution in [0.15, 0.2) is 36.4 Å². The number of terminal acetylenes is 1. The van der Waals surface area contributed by atoms with E-state index >= 15 is 4.39 Å². The van der Waals surface area contributed by atoms with Crippen LogP contribution >= 0.6 is 0 Å². The molecule has 2 saturated carbocycles. The van der Waals surface area contributed by atoms with Crippen LogP contribution in [0.1, 0.15) is 49.7 Å². The number of phenols is 1. The number of aromatic hydroxyl groups is 1. The quantitative estimate of drug-likeness (QED) is 0.257. The molecule has 3 aliphatic heterocycles. The summed E-state index contributed by atoms with van der Waals surface area (Å²) in [7, 11) is 0. The van der Waals surface area contributed by atoms with Gasteiger partial charge < -0.3 is 24.8 Å². The van der Waals surface area contributed by atoms with Crippen molar-refractivity contribution in [2.75, 3.05) is 50.8 Å². The molecule has 4 aromatic rings. The molecule has 8 nitrogen and oxygen atoms in total. The van der Waals surface area contributed by atoms with Crippen molar-refractivity contribution in [2.45, 2.75) is 63.1 Å². The fourth-order valence-electron chi connectivity index (χ4n) is 8.37. The van der Waals surface area contributed by atoms with E-state index in [4.69, 9.17) is 25.9 Å². The van der Waals surface area contributed by atoms with Gasteiger partial charge in [-0.2, -0.15) is 9.97 Å². The first-order valence-electron chi connectivity index (χ1n) is 17.0. The molecule has 2 bridgehead atoms. The molecule has 2 atom stereocenters. The number of rotatable bonds is 7. The first kappa shape index (κ1) is 29.2. The molecule has 0 amide bonds. The third-order valence-corrected chi connectivity index (χ3v) is 11.1. The van der Waals surface area contributed by atoms with E-state index in [1.165, 1.54) is 0 Å². The summed E-state index contributed by atoms with van der Waals surface area (Å²) in [6, 6.07) is 11.8. The predicted molar refractivity (Wildman–Crippen MR) is 180 cm³/mol. The van der Waals surface area contributed by atoms with E-state index in [9.17, 15) is 5.11 Å². The van der Waals surface area contributed by atoms with Crippen molar-refractivity contribution in [3.05, 3.63) is 53.3 Å².